The van der Waals surface area contributed by atoms with Gasteiger partial charge in [0.15, 0.2) is 0 Å². The summed E-state index contributed by atoms with van der Waals surface area (Å²) in [7, 11) is 0. The van der Waals surface area contributed by atoms with Gasteiger partial charge in [0, 0.05) is 19.1 Å². The third-order valence-electron chi connectivity index (χ3n) is 3.82. The molecule has 3 heteroatoms. The fraction of sp³-hybridized carbons (Fsp3) is 0.933. The second kappa shape index (κ2) is 8.65. The number of carbonyl (C=O) groups excluding carboxylic acids is 1. The minimum absolute atomic E-state index is 0.0504. The van der Waals surface area contributed by atoms with Crippen molar-refractivity contribution in [1.82, 2.24) is 5.32 Å². The molecule has 0 aromatic heterocycles. The molecule has 1 fully saturated rings. The zero-order chi connectivity index (χ0) is 13.4. The summed E-state index contributed by atoms with van der Waals surface area (Å²) in [5.41, 5.74) is 0. The van der Waals surface area contributed by atoms with Gasteiger partial charge < -0.3 is 10.1 Å². The molecule has 3 nitrogen and oxygen atoms in total. The Kier molecular flexibility index (Phi) is 7.52. The van der Waals surface area contributed by atoms with Crippen LogP contribution < -0.4 is 5.32 Å². The molecule has 1 aliphatic carbocycles. The van der Waals surface area contributed by atoms with E-state index >= 15 is 0 Å². The maximum atomic E-state index is 11.7. The van der Waals surface area contributed by atoms with Gasteiger partial charge in [0.1, 0.15) is 5.78 Å². The number of carbonyl (C=O) groups is 1. The van der Waals surface area contributed by atoms with E-state index in [1.165, 1.54) is 6.42 Å². The Morgan fingerprint density at radius 1 is 1.33 bits per heavy atom. The van der Waals surface area contributed by atoms with E-state index in [0.29, 0.717) is 24.3 Å². The highest BCUT2D eigenvalue weighted by Crippen LogP contribution is 2.23. The number of hydrogen-bond acceptors (Lipinski definition) is 3. The number of rotatable bonds is 9. The van der Waals surface area contributed by atoms with Crippen LogP contribution in [-0.4, -0.2) is 30.6 Å². The van der Waals surface area contributed by atoms with Crippen LogP contribution in [0.1, 0.15) is 65.7 Å². The van der Waals surface area contributed by atoms with Gasteiger partial charge >= 0.3 is 0 Å². The van der Waals surface area contributed by atoms with E-state index in [-0.39, 0.29) is 6.04 Å². The molecular weight excluding hydrogens is 226 g/mol. The molecule has 18 heavy (non-hydrogen) atoms. The quantitative estimate of drug-likeness (QED) is 0.643. The zero-order valence-electron chi connectivity index (χ0n) is 12.2. The molecule has 0 amide bonds. The van der Waals surface area contributed by atoms with Gasteiger partial charge in [-0.2, -0.15) is 0 Å². The summed E-state index contributed by atoms with van der Waals surface area (Å²) in [6, 6.07) is 0.520. The molecule has 0 saturated heterocycles. The number of ketones is 1. The molecule has 0 spiro atoms. The Labute approximate surface area is 112 Å². The monoisotopic (exact) mass is 255 g/mol. The third kappa shape index (κ3) is 5.07. The van der Waals surface area contributed by atoms with E-state index in [9.17, 15) is 4.79 Å². The molecule has 1 rings (SSSR count). The summed E-state index contributed by atoms with van der Waals surface area (Å²) in [6.45, 7) is 7.09. The maximum absolute atomic E-state index is 11.7. The summed E-state index contributed by atoms with van der Waals surface area (Å²) in [5, 5.41) is 3.51. The second-order valence-electron chi connectivity index (χ2n) is 5.30. The van der Waals surface area contributed by atoms with Crippen LogP contribution in [0.4, 0.5) is 0 Å². The fourth-order valence-corrected chi connectivity index (χ4v) is 2.61. The minimum atomic E-state index is 0.0504. The maximum Gasteiger partial charge on any atom is 0.149 e. The van der Waals surface area contributed by atoms with Crippen molar-refractivity contribution < 1.29 is 9.53 Å². The molecule has 106 valence electrons. The van der Waals surface area contributed by atoms with Crippen molar-refractivity contribution in [2.75, 3.05) is 6.61 Å². The van der Waals surface area contributed by atoms with Crippen molar-refractivity contribution in [3.05, 3.63) is 0 Å². The summed E-state index contributed by atoms with van der Waals surface area (Å²) in [4.78, 5) is 11.7. The molecule has 0 aliphatic heterocycles. The zero-order valence-corrected chi connectivity index (χ0v) is 12.2. The molecule has 2 unspecified atom stereocenters. The molecule has 0 radical (unpaired) electrons. The first-order chi connectivity index (χ1) is 8.71. The minimum Gasteiger partial charge on any atom is -0.378 e. The molecular formula is C15H29NO2. The average Bonchev–Trinajstić information content (AvgIpc) is 2.83. The highest BCUT2D eigenvalue weighted by atomic mass is 16.5. The Morgan fingerprint density at radius 2 is 2.11 bits per heavy atom. The van der Waals surface area contributed by atoms with Crippen LogP contribution in [-0.2, 0) is 9.53 Å². The molecule has 3 atom stereocenters. The Morgan fingerprint density at radius 3 is 2.72 bits per heavy atom. The van der Waals surface area contributed by atoms with Crippen molar-refractivity contribution in [2.45, 2.75) is 83.9 Å². The van der Waals surface area contributed by atoms with E-state index in [1.54, 1.807) is 0 Å². The van der Waals surface area contributed by atoms with Crippen LogP contribution in [0.15, 0.2) is 0 Å². The van der Waals surface area contributed by atoms with Crippen LogP contribution in [0, 0.1) is 0 Å². The van der Waals surface area contributed by atoms with E-state index < -0.39 is 0 Å². The van der Waals surface area contributed by atoms with Crippen LogP contribution in [0.3, 0.4) is 0 Å². The summed E-state index contributed by atoms with van der Waals surface area (Å²) in [5.74, 6) is 0.341. The predicted octanol–water partition coefficient (Wildman–Crippen LogP) is 3.07. The van der Waals surface area contributed by atoms with Gasteiger partial charge in [-0.25, -0.2) is 0 Å². The normalized spacial score (nSPS) is 25.3. The number of nitrogens with one attached hydrogen (secondary N) is 1. The first-order valence-electron chi connectivity index (χ1n) is 7.61. The lowest BCUT2D eigenvalue weighted by Crippen LogP contribution is -2.42. The van der Waals surface area contributed by atoms with Gasteiger partial charge in [-0.3, -0.25) is 4.79 Å². The molecule has 1 N–H and O–H groups in total. The number of Topliss-reactive ketones (excluding diaryl/α,β-unsaturated/α-hetero) is 1. The predicted molar refractivity (Wildman–Crippen MR) is 74.8 cm³/mol. The van der Waals surface area contributed by atoms with E-state index in [0.717, 1.165) is 38.7 Å². The molecule has 0 aromatic carbocycles. The van der Waals surface area contributed by atoms with Gasteiger partial charge in [0.05, 0.1) is 12.1 Å². The second-order valence-corrected chi connectivity index (χ2v) is 5.30. The topological polar surface area (TPSA) is 38.3 Å². The molecule has 0 bridgehead atoms. The van der Waals surface area contributed by atoms with Crippen molar-refractivity contribution in [2.24, 2.45) is 0 Å². The van der Waals surface area contributed by atoms with Crippen LogP contribution >= 0.6 is 0 Å². The Balaban J connectivity index is 2.26. The molecule has 1 saturated carbocycles. The van der Waals surface area contributed by atoms with E-state index in [1.807, 2.05) is 6.92 Å². The van der Waals surface area contributed by atoms with Gasteiger partial charge in [-0.05, 0) is 32.1 Å². The van der Waals surface area contributed by atoms with Crippen molar-refractivity contribution in [1.29, 1.82) is 0 Å². The van der Waals surface area contributed by atoms with E-state index in [2.05, 4.69) is 19.2 Å². The lowest BCUT2D eigenvalue weighted by molar-refractivity contribution is -0.121. The highest BCUT2D eigenvalue weighted by Gasteiger charge is 2.27. The van der Waals surface area contributed by atoms with Crippen LogP contribution in [0.5, 0.6) is 0 Å². The third-order valence-corrected chi connectivity index (χ3v) is 3.82. The smallest absolute Gasteiger partial charge is 0.149 e. The van der Waals surface area contributed by atoms with Crippen molar-refractivity contribution in [3.8, 4) is 0 Å². The van der Waals surface area contributed by atoms with E-state index in [4.69, 9.17) is 4.74 Å². The SMILES string of the molecule is CCCCOC1CCC(N[C@H](CC)C(=O)CC)C1. The largest absolute Gasteiger partial charge is 0.378 e. The average molecular weight is 255 g/mol. The first kappa shape index (κ1) is 15.6. The van der Waals surface area contributed by atoms with Crippen molar-refractivity contribution >= 4 is 5.78 Å². The number of unbranched alkanes of at least 4 members (excludes halogenated alkanes) is 1. The van der Waals surface area contributed by atoms with Gasteiger partial charge in [0.25, 0.3) is 0 Å². The standard InChI is InChI=1S/C15H29NO2/c1-4-7-10-18-13-9-8-12(11-13)16-14(5-2)15(17)6-3/h12-14,16H,4-11H2,1-3H3/t12?,13?,14-/m1/s1. The van der Waals surface area contributed by atoms with Gasteiger partial charge in [0.2, 0.25) is 0 Å². The molecule has 0 aromatic rings. The van der Waals surface area contributed by atoms with Crippen molar-refractivity contribution in [3.63, 3.8) is 0 Å². The van der Waals surface area contributed by atoms with Crippen LogP contribution in [0.2, 0.25) is 0 Å². The lowest BCUT2D eigenvalue weighted by Gasteiger charge is -2.20. The summed E-state index contributed by atoms with van der Waals surface area (Å²) >= 11 is 0. The lowest BCUT2D eigenvalue weighted by atomic mass is 10.1. The number of ether oxygens (including phenoxy) is 1. The molecule has 0 heterocycles. The summed E-state index contributed by atoms with van der Waals surface area (Å²) in [6.07, 6.45) is 7.62. The Bertz CT molecular complexity index is 243. The summed E-state index contributed by atoms with van der Waals surface area (Å²) < 4.78 is 5.85. The van der Waals surface area contributed by atoms with Gasteiger partial charge in [-0.1, -0.05) is 27.2 Å². The Hall–Kier alpha value is -0.410. The van der Waals surface area contributed by atoms with Crippen LogP contribution in [0.25, 0.3) is 0 Å². The first-order valence-corrected chi connectivity index (χ1v) is 7.61. The van der Waals surface area contributed by atoms with Gasteiger partial charge in [-0.15, -0.1) is 0 Å². The molecule has 1 aliphatic rings. The highest BCUT2D eigenvalue weighted by molar-refractivity contribution is 5.83. The number of hydrogen-bond donors (Lipinski definition) is 1. The fourth-order valence-electron chi connectivity index (χ4n) is 2.61.